The maximum atomic E-state index is 12.9. The fourth-order valence-electron chi connectivity index (χ4n) is 3.18. The van der Waals surface area contributed by atoms with E-state index in [-0.39, 0.29) is 5.91 Å². The van der Waals surface area contributed by atoms with Crippen LogP contribution in [-0.4, -0.2) is 39.4 Å². The summed E-state index contributed by atoms with van der Waals surface area (Å²) >= 11 is 0. The molecule has 7 heteroatoms. The maximum Gasteiger partial charge on any atom is 0.274 e. The number of carbonyl (C=O) groups excluding carboxylic acids is 1. The quantitative estimate of drug-likeness (QED) is 0.534. The number of hydrogen-bond donors (Lipinski definition) is 1. The third-order valence-electron chi connectivity index (χ3n) is 4.78. The zero-order valence-electron chi connectivity index (χ0n) is 16.9. The summed E-state index contributed by atoms with van der Waals surface area (Å²) in [6, 6.07) is 15.2. The van der Waals surface area contributed by atoms with Gasteiger partial charge in [0, 0.05) is 43.3 Å². The molecular formula is C23H22N6O. The molecule has 0 spiro atoms. The molecule has 1 aromatic carbocycles. The summed E-state index contributed by atoms with van der Waals surface area (Å²) in [6.45, 7) is 2.58. The molecule has 150 valence electrons. The van der Waals surface area contributed by atoms with Crippen LogP contribution < -0.4 is 10.2 Å². The van der Waals surface area contributed by atoms with Crippen LogP contribution in [-0.2, 0) is 6.42 Å². The van der Waals surface area contributed by atoms with Gasteiger partial charge in [-0.2, -0.15) is 0 Å². The van der Waals surface area contributed by atoms with Crippen molar-refractivity contribution in [3.8, 4) is 0 Å². The summed E-state index contributed by atoms with van der Waals surface area (Å²) in [6.07, 6.45) is 6.11. The van der Waals surface area contributed by atoms with Gasteiger partial charge in [-0.25, -0.2) is 9.97 Å². The molecule has 4 aromatic rings. The average molecular weight is 398 g/mol. The molecule has 1 N–H and O–H groups in total. The number of nitrogens with one attached hydrogen (secondary N) is 1. The zero-order valence-corrected chi connectivity index (χ0v) is 16.9. The maximum absolute atomic E-state index is 12.9. The smallest absolute Gasteiger partial charge is 0.274 e. The fraction of sp³-hybridized carbons (Fsp3) is 0.174. The molecule has 30 heavy (non-hydrogen) atoms. The van der Waals surface area contributed by atoms with Crippen LogP contribution in [0.4, 0.5) is 11.6 Å². The second-order valence-corrected chi connectivity index (χ2v) is 7.06. The van der Waals surface area contributed by atoms with E-state index in [0.29, 0.717) is 17.3 Å². The number of anilines is 2. The molecule has 3 aromatic heterocycles. The minimum atomic E-state index is -0.289. The fourth-order valence-corrected chi connectivity index (χ4v) is 3.18. The summed E-state index contributed by atoms with van der Waals surface area (Å²) in [5.41, 5.74) is 3.64. The van der Waals surface area contributed by atoms with Crippen LogP contribution in [0.3, 0.4) is 0 Å². The molecule has 0 saturated heterocycles. The van der Waals surface area contributed by atoms with Gasteiger partial charge in [-0.1, -0.05) is 18.2 Å². The monoisotopic (exact) mass is 398 g/mol. The summed E-state index contributed by atoms with van der Waals surface area (Å²) in [5, 5.41) is 3.90. The third-order valence-corrected chi connectivity index (χ3v) is 4.78. The van der Waals surface area contributed by atoms with Crippen molar-refractivity contribution >= 4 is 28.4 Å². The number of likely N-dealkylation sites (N-methyl/N-ethyl adjacent to an activating group) is 1. The summed E-state index contributed by atoms with van der Waals surface area (Å²) in [5.74, 6) is 0.229. The number of aryl methyl sites for hydroxylation is 1. The Morgan fingerprint density at radius 3 is 2.67 bits per heavy atom. The predicted octanol–water partition coefficient (Wildman–Crippen LogP) is 3.66. The van der Waals surface area contributed by atoms with E-state index in [2.05, 4.69) is 25.3 Å². The molecule has 0 saturated carbocycles. The summed E-state index contributed by atoms with van der Waals surface area (Å²) < 4.78 is 0. The van der Waals surface area contributed by atoms with Crippen molar-refractivity contribution in [2.24, 2.45) is 0 Å². The van der Waals surface area contributed by atoms with Crippen molar-refractivity contribution in [1.82, 2.24) is 19.9 Å². The van der Waals surface area contributed by atoms with Crippen molar-refractivity contribution in [2.45, 2.75) is 13.3 Å². The van der Waals surface area contributed by atoms with Crippen LogP contribution in [0.25, 0.3) is 10.9 Å². The summed E-state index contributed by atoms with van der Waals surface area (Å²) in [7, 11) is 1.92. The Hall–Kier alpha value is -3.87. The Balaban J connectivity index is 1.52. The normalized spacial score (nSPS) is 10.7. The number of amides is 1. The van der Waals surface area contributed by atoms with E-state index < -0.39 is 0 Å². The van der Waals surface area contributed by atoms with Crippen molar-refractivity contribution in [3.63, 3.8) is 0 Å². The van der Waals surface area contributed by atoms with Crippen molar-refractivity contribution in [2.75, 3.05) is 23.8 Å². The van der Waals surface area contributed by atoms with Gasteiger partial charge in [-0.05, 0) is 49.2 Å². The molecule has 0 fully saturated rings. The second kappa shape index (κ2) is 8.65. The zero-order chi connectivity index (χ0) is 20.9. The highest BCUT2D eigenvalue weighted by Crippen LogP contribution is 2.21. The second-order valence-electron chi connectivity index (χ2n) is 7.06. The van der Waals surface area contributed by atoms with E-state index >= 15 is 0 Å². The van der Waals surface area contributed by atoms with E-state index in [1.54, 1.807) is 24.7 Å². The molecule has 4 rings (SSSR count). The van der Waals surface area contributed by atoms with Gasteiger partial charge >= 0.3 is 0 Å². The van der Waals surface area contributed by atoms with Gasteiger partial charge in [0.05, 0.1) is 11.2 Å². The number of carbonyl (C=O) groups is 1. The Morgan fingerprint density at radius 1 is 1.03 bits per heavy atom. The van der Waals surface area contributed by atoms with E-state index in [1.165, 1.54) is 5.56 Å². The van der Waals surface area contributed by atoms with Crippen LogP contribution >= 0.6 is 0 Å². The number of fused-ring (bicyclic) bond motifs is 1. The average Bonchev–Trinajstić information content (AvgIpc) is 2.78. The highest BCUT2D eigenvalue weighted by atomic mass is 16.1. The van der Waals surface area contributed by atoms with Crippen LogP contribution in [0, 0.1) is 6.92 Å². The van der Waals surface area contributed by atoms with E-state index in [0.717, 1.165) is 29.6 Å². The van der Waals surface area contributed by atoms with Crippen LogP contribution in [0.15, 0.2) is 67.1 Å². The first-order valence-electron chi connectivity index (χ1n) is 9.71. The minimum Gasteiger partial charge on any atom is -0.344 e. The molecule has 0 aliphatic carbocycles. The van der Waals surface area contributed by atoms with Crippen molar-refractivity contribution in [1.29, 1.82) is 0 Å². The number of para-hydroxylation sites is 1. The predicted molar refractivity (Wildman–Crippen MR) is 118 cm³/mol. The first kappa shape index (κ1) is 19.4. The highest BCUT2D eigenvalue weighted by Gasteiger charge is 2.14. The van der Waals surface area contributed by atoms with Gasteiger partial charge in [-0.15, -0.1) is 0 Å². The molecular weight excluding hydrogens is 376 g/mol. The molecule has 7 nitrogen and oxygen atoms in total. The molecule has 0 aliphatic rings. The van der Waals surface area contributed by atoms with Gasteiger partial charge < -0.3 is 10.2 Å². The standard InChI is InChI=1S/C23H22N6O/c1-16-15-20(22(30)27-19-7-3-5-18-6-4-11-25-21(18)19)28-23(26-16)29(2)14-10-17-8-12-24-13-9-17/h3-9,11-13,15H,10,14H2,1-2H3,(H,27,30). The lowest BCUT2D eigenvalue weighted by molar-refractivity contribution is 0.102. The highest BCUT2D eigenvalue weighted by molar-refractivity contribution is 6.07. The topological polar surface area (TPSA) is 83.9 Å². The van der Waals surface area contributed by atoms with Crippen LogP contribution in [0.5, 0.6) is 0 Å². The SMILES string of the molecule is Cc1cc(C(=O)Nc2cccc3cccnc23)nc(N(C)CCc2ccncc2)n1. The number of aromatic nitrogens is 4. The number of nitrogens with zero attached hydrogens (tertiary/aromatic N) is 5. The number of rotatable bonds is 6. The van der Waals surface area contributed by atoms with E-state index in [1.807, 2.05) is 61.3 Å². The number of pyridine rings is 2. The van der Waals surface area contributed by atoms with Gasteiger partial charge in [0.15, 0.2) is 0 Å². The van der Waals surface area contributed by atoms with Crippen LogP contribution in [0.1, 0.15) is 21.7 Å². The van der Waals surface area contributed by atoms with Gasteiger partial charge in [0.1, 0.15) is 5.69 Å². The third kappa shape index (κ3) is 4.41. The Kier molecular flexibility index (Phi) is 5.61. The lowest BCUT2D eigenvalue weighted by atomic mass is 10.2. The Bertz CT molecular complexity index is 1170. The van der Waals surface area contributed by atoms with Gasteiger partial charge in [0.2, 0.25) is 5.95 Å². The molecule has 0 unspecified atom stereocenters. The Morgan fingerprint density at radius 2 is 1.83 bits per heavy atom. The molecule has 1 amide bonds. The largest absolute Gasteiger partial charge is 0.344 e. The summed E-state index contributed by atoms with van der Waals surface area (Å²) in [4.78, 5) is 32.3. The minimum absolute atomic E-state index is 0.289. The molecule has 3 heterocycles. The van der Waals surface area contributed by atoms with E-state index in [9.17, 15) is 4.79 Å². The van der Waals surface area contributed by atoms with Crippen molar-refractivity contribution < 1.29 is 4.79 Å². The van der Waals surface area contributed by atoms with Crippen LogP contribution in [0.2, 0.25) is 0 Å². The Labute approximate surface area is 174 Å². The number of hydrogen-bond acceptors (Lipinski definition) is 6. The van der Waals surface area contributed by atoms with Gasteiger partial charge in [0.25, 0.3) is 5.91 Å². The lowest BCUT2D eigenvalue weighted by Gasteiger charge is -2.18. The first-order chi connectivity index (χ1) is 14.6. The lowest BCUT2D eigenvalue weighted by Crippen LogP contribution is -2.24. The van der Waals surface area contributed by atoms with Gasteiger partial charge in [-0.3, -0.25) is 14.8 Å². The molecule has 0 atom stereocenters. The van der Waals surface area contributed by atoms with E-state index in [4.69, 9.17) is 0 Å². The molecule has 0 radical (unpaired) electrons. The van der Waals surface area contributed by atoms with Crippen molar-refractivity contribution in [3.05, 3.63) is 84.1 Å². The molecule has 0 bridgehead atoms. The molecule has 0 aliphatic heterocycles. The number of benzene rings is 1. The first-order valence-corrected chi connectivity index (χ1v) is 9.71.